The smallest absolute Gasteiger partial charge is 0.342 e. The molecule has 1 saturated heterocycles. The first kappa shape index (κ1) is 33.1. The standard InChI is InChI=1S/C26H38N7O8P/c1-7-38-24(35)17(5)31-42(37,32-18(6)25(36)39-8-2)40-14-26(13-27)12-11-21(41-26)19-9-10-20-22(28-15-29-33(19)20)30-23(34)16(3)4/h9-10,15-18,21H,7-8,11-12,14H2,1-6H3,(H2,31,32,37)(H,28,29,30,34)/t17-,18-,21+,26+/m0/s1. The highest BCUT2D eigenvalue weighted by atomic mass is 31.2. The van der Waals surface area contributed by atoms with Crippen LogP contribution in [0, 0.1) is 17.2 Å². The van der Waals surface area contributed by atoms with E-state index in [4.69, 9.17) is 18.7 Å². The van der Waals surface area contributed by atoms with Crippen molar-refractivity contribution in [3.8, 4) is 6.07 Å². The largest absolute Gasteiger partial charge is 0.465 e. The van der Waals surface area contributed by atoms with E-state index < -0.39 is 50.0 Å². The molecule has 15 nitrogen and oxygen atoms in total. The maximum atomic E-state index is 13.8. The second kappa shape index (κ2) is 14.2. The van der Waals surface area contributed by atoms with Crippen molar-refractivity contribution in [2.75, 3.05) is 25.1 Å². The summed E-state index contributed by atoms with van der Waals surface area (Å²) in [6, 6.07) is 3.51. The average molecular weight is 608 g/mol. The Balaban J connectivity index is 1.80. The maximum Gasteiger partial charge on any atom is 0.342 e. The van der Waals surface area contributed by atoms with Gasteiger partial charge in [0, 0.05) is 5.92 Å². The van der Waals surface area contributed by atoms with Crippen molar-refractivity contribution in [1.82, 2.24) is 24.8 Å². The lowest BCUT2D eigenvalue weighted by molar-refractivity contribution is -0.145. The van der Waals surface area contributed by atoms with Crippen molar-refractivity contribution < 1.29 is 37.7 Å². The molecule has 4 atom stereocenters. The number of anilines is 1. The summed E-state index contributed by atoms with van der Waals surface area (Å²) >= 11 is 0. The van der Waals surface area contributed by atoms with E-state index in [1.807, 2.05) is 0 Å². The number of hydrogen-bond donors (Lipinski definition) is 3. The zero-order valence-corrected chi connectivity index (χ0v) is 25.5. The molecular weight excluding hydrogens is 569 g/mol. The van der Waals surface area contributed by atoms with Crippen molar-refractivity contribution in [2.45, 2.75) is 78.2 Å². The van der Waals surface area contributed by atoms with Crippen LogP contribution in [-0.4, -0.2) is 69.9 Å². The third-order valence-corrected chi connectivity index (χ3v) is 8.39. The fourth-order valence-corrected chi connectivity index (χ4v) is 6.04. The van der Waals surface area contributed by atoms with Gasteiger partial charge in [-0.1, -0.05) is 13.8 Å². The molecule has 230 valence electrons. The van der Waals surface area contributed by atoms with Crippen LogP contribution in [-0.2, 0) is 37.7 Å². The summed E-state index contributed by atoms with van der Waals surface area (Å²) in [6.07, 6.45) is 1.36. The Hall–Kier alpha value is -3.41. The summed E-state index contributed by atoms with van der Waals surface area (Å²) in [6.45, 7) is 9.45. The normalized spacial score (nSPS) is 20.2. The van der Waals surface area contributed by atoms with Crippen LogP contribution in [0.2, 0.25) is 0 Å². The van der Waals surface area contributed by atoms with Gasteiger partial charge in [0.1, 0.15) is 36.1 Å². The van der Waals surface area contributed by atoms with E-state index >= 15 is 0 Å². The highest BCUT2D eigenvalue weighted by molar-refractivity contribution is 7.54. The van der Waals surface area contributed by atoms with Crippen molar-refractivity contribution >= 4 is 36.9 Å². The molecule has 0 radical (unpaired) electrons. The number of carbonyl (C=O) groups is 3. The third kappa shape index (κ3) is 7.90. The first-order valence-electron chi connectivity index (χ1n) is 13.7. The van der Waals surface area contributed by atoms with Gasteiger partial charge < -0.3 is 24.1 Å². The molecule has 1 amide bonds. The van der Waals surface area contributed by atoms with E-state index in [1.165, 1.54) is 20.2 Å². The Bertz CT molecular complexity index is 1350. The summed E-state index contributed by atoms with van der Waals surface area (Å²) in [5.74, 6) is -1.45. The molecular formula is C26H38N7O8P. The molecule has 3 rings (SSSR count). The number of nitrogens with one attached hydrogen (secondary N) is 3. The van der Waals surface area contributed by atoms with Crippen LogP contribution in [0.15, 0.2) is 18.5 Å². The fraction of sp³-hybridized carbons (Fsp3) is 0.615. The quantitative estimate of drug-likeness (QED) is 0.210. The summed E-state index contributed by atoms with van der Waals surface area (Å²) < 4.78 is 37.3. The van der Waals surface area contributed by atoms with Crippen molar-refractivity contribution in [1.29, 1.82) is 5.26 Å². The second-order valence-corrected chi connectivity index (χ2v) is 12.0. The molecule has 0 unspecified atom stereocenters. The van der Waals surface area contributed by atoms with Crippen LogP contribution in [0.25, 0.3) is 5.52 Å². The van der Waals surface area contributed by atoms with E-state index in [1.54, 1.807) is 44.3 Å². The zero-order valence-electron chi connectivity index (χ0n) is 24.6. The molecule has 0 spiro atoms. The molecule has 1 fully saturated rings. The van der Waals surface area contributed by atoms with Gasteiger partial charge in [0.2, 0.25) is 5.91 Å². The SMILES string of the molecule is CCOC(=O)[C@H](C)NP(=O)(N[C@@H](C)C(=O)OCC)OC[C@]1(C#N)CC[C@H](c2ccc3c(NC(=O)C(C)C)ncnn23)O1. The van der Waals surface area contributed by atoms with Gasteiger partial charge in [0.15, 0.2) is 11.4 Å². The van der Waals surface area contributed by atoms with Crippen LogP contribution in [0.3, 0.4) is 0 Å². The van der Waals surface area contributed by atoms with Gasteiger partial charge in [-0.2, -0.15) is 10.4 Å². The number of nitrogens with zero attached hydrogens (tertiary/aromatic N) is 4. The number of aromatic nitrogens is 3. The molecule has 0 aliphatic carbocycles. The van der Waals surface area contributed by atoms with E-state index in [9.17, 15) is 24.2 Å². The van der Waals surface area contributed by atoms with E-state index in [2.05, 4.69) is 31.6 Å². The molecule has 1 aliphatic rings. The summed E-state index contributed by atoms with van der Waals surface area (Å²) in [4.78, 5) is 40.9. The lowest BCUT2D eigenvalue weighted by Crippen LogP contribution is -2.43. The van der Waals surface area contributed by atoms with E-state index in [-0.39, 0.29) is 31.5 Å². The average Bonchev–Trinajstić information content (AvgIpc) is 3.57. The van der Waals surface area contributed by atoms with Gasteiger partial charge in [-0.25, -0.2) is 19.7 Å². The summed E-state index contributed by atoms with van der Waals surface area (Å²) in [5, 5.41) is 22.3. The molecule has 42 heavy (non-hydrogen) atoms. The number of hydrogen-bond acceptors (Lipinski definition) is 11. The minimum absolute atomic E-state index is 0.111. The number of esters is 2. The minimum Gasteiger partial charge on any atom is -0.465 e. The molecule has 2 aromatic rings. The predicted molar refractivity (Wildman–Crippen MR) is 150 cm³/mol. The number of rotatable bonds is 14. The van der Waals surface area contributed by atoms with Crippen molar-refractivity contribution in [2.24, 2.45) is 5.92 Å². The van der Waals surface area contributed by atoms with Crippen LogP contribution in [0.4, 0.5) is 5.82 Å². The van der Waals surface area contributed by atoms with Gasteiger partial charge in [-0.05, 0) is 52.7 Å². The number of carbonyl (C=O) groups excluding carboxylic acids is 3. The number of amides is 1. The van der Waals surface area contributed by atoms with Crippen molar-refractivity contribution in [3.63, 3.8) is 0 Å². The Morgan fingerprint density at radius 2 is 1.76 bits per heavy atom. The maximum absolute atomic E-state index is 13.8. The minimum atomic E-state index is -4.14. The highest BCUT2D eigenvalue weighted by Gasteiger charge is 2.45. The van der Waals surface area contributed by atoms with Crippen molar-refractivity contribution in [3.05, 3.63) is 24.2 Å². The summed E-state index contributed by atoms with van der Waals surface area (Å²) in [7, 11) is -4.14. The molecule has 3 heterocycles. The Kier molecular flexibility index (Phi) is 11.2. The van der Waals surface area contributed by atoms with Crippen LogP contribution in [0.1, 0.15) is 66.2 Å². The number of ether oxygens (including phenoxy) is 3. The third-order valence-electron chi connectivity index (χ3n) is 6.45. The topological polar surface area (TPSA) is 195 Å². The van der Waals surface area contributed by atoms with Crippen LogP contribution >= 0.6 is 7.67 Å². The lowest BCUT2D eigenvalue weighted by atomic mass is 10.0. The van der Waals surface area contributed by atoms with Gasteiger partial charge in [-0.15, -0.1) is 0 Å². The van der Waals surface area contributed by atoms with Crippen LogP contribution < -0.4 is 15.5 Å². The van der Waals surface area contributed by atoms with Gasteiger partial charge in [-0.3, -0.25) is 18.9 Å². The molecule has 0 aromatic carbocycles. The van der Waals surface area contributed by atoms with Gasteiger partial charge >= 0.3 is 19.6 Å². The van der Waals surface area contributed by atoms with Gasteiger partial charge in [0.25, 0.3) is 0 Å². The second-order valence-electron chi connectivity index (χ2n) is 10.1. The zero-order chi connectivity index (χ0) is 31.1. The molecule has 16 heteroatoms. The first-order chi connectivity index (χ1) is 19.9. The number of nitriles is 1. The Morgan fingerprint density at radius 1 is 1.14 bits per heavy atom. The Labute approximate surface area is 244 Å². The highest BCUT2D eigenvalue weighted by Crippen LogP contribution is 2.45. The Morgan fingerprint density at radius 3 is 2.31 bits per heavy atom. The molecule has 2 aromatic heterocycles. The van der Waals surface area contributed by atoms with E-state index in [0.29, 0.717) is 23.4 Å². The number of fused-ring (bicyclic) bond motifs is 1. The predicted octanol–water partition coefficient (Wildman–Crippen LogP) is 2.64. The molecule has 1 aliphatic heterocycles. The molecule has 0 saturated carbocycles. The van der Waals surface area contributed by atoms with E-state index in [0.717, 1.165) is 0 Å². The molecule has 3 N–H and O–H groups in total. The lowest BCUT2D eigenvalue weighted by Gasteiger charge is -2.29. The van der Waals surface area contributed by atoms with Crippen LogP contribution in [0.5, 0.6) is 0 Å². The summed E-state index contributed by atoms with van der Waals surface area (Å²) in [5.41, 5.74) is -0.332. The molecule has 0 bridgehead atoms. The first-order valence-corrected chi connectivity index (χ1v) is 15.4. The van der Waals surface area contributed by atoms with Gasteiger partial charge in [0.05, 0.1) is 25.5 Å². The monoisotopic (exact) mass is 607 g/mol. The fourth-order valence-electron chi connectivity index (χ4n) is 4.20.